The van der Waals surface area contributed by atoms with Gasteiger partial charge in [-0.15, -0.1) is 11.3 Å². The molecule has 1 aromatic heterocycles. The number of amides is 1. The van der Waals surface area contributed by atoms with Gasteiger partial charge in [0.2, 0.25) is 0 Å². The minimum atomic E-state index is -0.0145. The first-order chi connectivity index (χ1) is 10.2. The van der Waals surface area contributed by atoms with Crippen molar-refractivity contribution in [2.75, 3.05) is 32.9 Å². The lowest BCUT2D eigenvalue weighted by Gasteiger charge is -2.50. The normalized spacial score (nSPS) is 29.2. The second-order valence-electron chi connectivity index (χ2n) is 5.96. The maximum atomic E-state index is 12.6. The molecular formula is C16H23NO3S. The minimum absolute atomic E-state index is 0.0145. The van der Waals surface area contributed by atoms with Crippen molar-refractivity contribution in [3.63, 3.8) is 0 Å². The van der Waals surface area contributed by atoms with E-state index in [-0.39, 0.29) is 17.4 Å². The minimum Gasteiger partial charge on any atom is -0.381 e. The van der Waals surface area contributed by atoms with Gasteiger partial charge in [0.25, 0.3) is 5.91 Å². The van der Waals surface area contributed by atoms with E-state index in [1.54, 1.807) is 0 Å². The topological polar surface area (TPSA) is 38.8 Å². The second-order valence-corrected chi connectivity index (χ2v) is 6.90. The van der Waals surface area contributed by atoms with Crippen LogP contribution in [0.3, 0.4) is 0 Å². The lowest BCUT2D eigenvalue weighted by Crippen LogP contribution is -2.58. The third kappa shape index (κ3) is 3.00. The molecule has 0 saturated carbocycles. The lowest BCUT2D eigenvalue weighted by atomic mass is 9.73. The number of rotatable bonds is 4. The van der Waals surface area contributed by atoms with Gasteiger partial charge in [0.1, 0.15) is 0 Å². The molecule has 21 heavy (non-hydrogen) atoms. The van der Waals surface area contributed by atoms with E-state index in [1.165, 1.54) is 11.3 Å². The fourth-order valence-electron chi connectivity index (χ4n) is 3.54. The molecule has 4 nitrogen and oxygen atoms in total. The van der Waals surface area contributed by atoms with Crippen molar-refractivity contribution >= 4 is 17.2 Å². The summed E-state index contributed by atoms with van der Waals surface area (Å²) in [6, 6.07) is 3.84. The zero-order valence-electron chi connectivity index (χ0n) is 12.5. The quantitative estimate of drug-likeness (QED) is 0.858. The van der Waals surface area contributed by atoms with Crippen molar-refractivity contribution in [1.82, 2.24) is 4.90 Å². The van der Waals surface area contributed by atoms with Gasteiger partial charge in [0.15, 0.2) is 0 Å². The molecule has 1 amide bonds. The summed E-state index contributed by atoms with van der Waals surface area (Å²) in [5.41, 5.74) is -0.0145. The van der Waals surface area contributed by atoms with E-state index in [4.69, 9.17) is 9.47 Å². The van der Waals surface area contributed by atoms with E-state index in [2.05, 4.69) is 0 Å². The fraction of sp³-hybridized carbons (Fsp3) is 0.688. The van der Waals surface area contributed by atoms with Crippen LogP contribution < -0.4 is 0 Å². The maximum Gasteiger partial charge on any atom is 0.263 e. The van der Waals surface area contributed by atoms with E-state index < -0.39 is 0 Å². The Bertz CT molecular complexity index is 476. The van der Waals surface area contributed by atoms with Crippen LogP contribution in [0, 0.1) is 5.41 Å². The standard InChI is InChI=1S/C16H23NO3S/c1-2-19-12-16-7-4-9-20-14(16)6-8-17(11-16)15(18)13-5-3-10-21-13/h3,5,10,14H,2,4,6-9,11-12H2,1H3/t14-,16-/m0/s1. The Morgan fingerprint density at radius 1 is 1.62 bits per heavy atom. The zero-order valence-corrected chi connectivity index (χ0v) is 13.4. The van der Waals surface area contributed by atoms with Crippen LogP contribution in [0.4, 0.5) is 0 Å². The Morgan fingerprint density at radius 2 is 2.52 bits per heavy atom. The number of hydrogen-bond donors (Lipinski definition) is 0. The highest BCUT2D eigenvalue weighted by Crippen LogP contribution is 2.40. The molecule has 116 valence electrons. The summed E-state index contributed by atoms with van der Waals surface area (Å²) in [5, 5.41) is 1.96. The Hall–Kier alpha value is -0.910. The molecule has 0 unspecified atom stereocenters. The van der Waals surface area contributed by atoms with Gasteiger partial charge in [-0.05, 0) is 37.6 Å². The molecule has 2 saturated heterocycles. The van der Waals surface area contributed by atoms with Gasteiger partial charge >= 0.3 is 0 Å². The number of fused-ring (bicyclic) bond motifs is 1. The van der Waals surface area contributed by atoms with Crippen LogP contribution in [0.5, 0.6) is 0 Å². The van der Waals surface area contributed by atoms with Crippen molar-refractivity contribution < 1.29 is 14.3 Å². The van der Waals surface area contributed by atoms with Crippen molar-refractivity contribution in [1.29, 1.82) is 0 Å². The Labute approximate surface area is 130 Å². The first-order valence-corrected chi connectivity index (χ1v) is 8.65. The van der Waals surface area contributed by atoms with Gasteiger partial charge < -0.3 is 14.4 Å². The van der Waals surface area contributed by atoms with Crippen LogP contribution in [0.25, 0.3) is 0 Å². The number of ether oxygens (including phenoxy) is 2. The summed E-state index contributed by atoms with van der Waals surface area (Å²) in [4.78, 5) is 15.4. The third-order valence-electron chi connectivity index (χ3n) is 4.60. The van der Waals surface area contributed by atoms with E-state index in [0.29, 0.717) is 13.2 Å². The van der Waals surface area contributed by atoms with Gasteiger partial charge in [0.05, 0.1) is 17.6 Å². The Morgan fingerprint density at radius 3 is 3.29 bits per heavy atom. The average molecular weight is 309 g/mol. The number of hydrogen-bond acceptors (Lipinski definition) is 4. The smallest absolute Gasteiger partial charge is 0.263 e. The van der Waals surface area contributed by atoms with Gasteiger partial charge in [-0.2, -0.15) is 0 Å². The molecule has 2 atom stereocenters. The van der Waals surface area contributed by atoms with Crippen LogP contribution >= 0.6 is 11.3 Å². The molecule has 0 N–H and O–H groups in total. The summed E-state index contributed by atoms with van der Waals surface area (Å²) in [6.45, 7) is 5.82. The highest BCUT2D eigenvalue weighted by Gasteiger charge is 2.47. The van der Waals surface area contributed by atoms with Gasteiger partial charge in [0, 0.05) is 31.7 Å². The second kappa shape index (κ2) is 6.46. The summed E-state index contributed by atoms with van der Waals surface area (Å²) in [5.74, 6) is 0.157. The molecule has 0 bridgehead atoms. The van der Waals surface area contributed by atoms with E-state index >= 15 is 0 Å². The molecular weight excluding hydrogens is 286 g/mol. The molecule has 2 aliphatic heterocycles. The van der Waals surface area contributed by atoms with E-state index in [9.17, 15) is 4.79 Å². The number of likely N-dealkylation sites (tertiary alicyclic amines) is 1. The Balaban J connectivity index is 1.76. The lowest BCUT2D eigenvalue weighted by molar-refractivity contribution is -0.145. The van der Waals surface area contributed by atoms with Gasteiger partial charge in [-0.1, -0.05) is 6.07 Å². The molecule has 0 aliphatic carbocycles. The van der Waals surface area contributed by atoms with Crippen LogP contribution in [0.15, 0.2) is 17.5 Å². The highest BCUT2D eigenvalue weighted by molar-refractivity contribution is 7.12. The van der Waals surface area contributed by atoms with Crippen LogP contribution in [0.2, 0.25) is 0 Å². The Kier molecular flexibility index (Phi) is 4.62. The van der Waals surface area contributed by atoms with Crippen LogP contribution in [0.1, 0.15) is 35.9 Å². The molecule has 1 aromatic rings. The molecule has 2 aliphatic rings. The van der Waals surface area contributed by atoms with Crippen molar-refractivity contribution in [2.24, 2.45) is 5.41 Å². The van der Waals surface area contributed by atoms with Crippen LogP contribution in [-0.2, 0) is 9.47 Å². The van der Waals surface area contributed by atoms with E-state index in [0.717, 1.165) is 43.8 Å². The predicted octanol–water partition coefficient (Wildman–Crippen LogP) is 2.80. The monoisotopic (exact) mass is 309 g/mol. The van der Waals surface area contributed by atoms with Gasteiger partial charge in [-0.25, -0.2) is 0 Å². The van der Waals surface area contributed by atoms with Gasteiger partial charge in [-0.3, -0.25) is 4.79 Å². The summed E-state index contributed by atoms with van der Waals surface area (Å²) in [7, 11) is 0. The third-order valence-corrected chi connectivity index (χ3v) is 5.46. The fourth-order valence-corrected chi connectivity index (χ4v) is 4.23. The first-order valence-electron chi connectivity index (χ1n) is 7.77. The number of piperidine rings is 1. The largest absolute Gasteiger partial charge is 0.381 e. The first kappa shape index (κ1) is 15.0. The maximum absolute atomic E-state index is 12.6. The average Bonchev–Trinajstić information content (AvgIpc) is 3.06. The van der Waals surface area contributed by atoms with Crippen LogP contribution in [-0.4, -0.2) is 49.8 Å². The van der Waals surface area contributed by atoms with Crippen molar-refractivity contribution in [2.45, 2.75) is 32.3 Å². The summed E-state index contributed by atoms with van der Waals surface area (Å²) < 4.78 is 11.7. The number of nitrogens with zero attached hydrogens (tertiary/aromatic N) is 1. The summed E-state index contributed by atoms with van der Waals surface area (Å²) in [6.07, 6.45) is 3.31. The SMILES string of the molecule is CCOC[C@@]12CCCO[C@H]1CCN(C(=O)c1cccs1)C2. The molecule has 3 rings (SSSR count). The number of carbonyl (C=O) groups excluding carboxylic acids is 1. The molecule has 0 radical (unpaired) electrons. The number of thiophene rings is 1. The zero-order chi connectivity index (χ0) is 14.7. The molecule has 3 heterocycles. The van der Waals surface area contributed by atoms with E-state index in [1.807, 2.05) is 29.3 Å². The summed E-state index contributed by atoms with van der Waals surface area (Å²) >= 11 is 1.52. The van der Waals surface area contributed by atoms with Crippen molar-refractivity contribution in [3.05, 3.63) is 22.4 Å². The highest BCUT2D eigenvalue weighted by atomic mass is 32.1. The molecule has 0 spiro atoms. The molecule has 2 fully saturated rings. The molecule has 0 aromatic carbocycles. The molecule has 5 heteroatoms. The van der Waals surface area contributed by atoms with Crippen molar-refractivity contribution in [3.8, 4) is 0 Å². The predicted molar refractivity (Wildman–Crippen MR) is 82.7 cm³/mol. The number of carbonyl (C=O) groups is 1.